The maximum Gasteiger partial charge on any atom is 0.265 e. The minimum atomic E-state index is -0.700. The van der Waals surface area contributed by atoms with Crippen LogP contribution < -0.4 is 14.8 Å². The first-order chi connectivity index (χ1) is 13.1. The molecule has 3 aromatic rings. The summed E-state index contributed by atoms with van der Waals surface area (Å²) in [5, 5.41) is 3.69. The van der Waals surface area contributed by atoms with E-state index in [9.17, 15) is 9.18 Å². The van der Waals surface area contributed by atoms with Gasteiger partial charge in [0.1, 0.15) is 22.8 Å². The minimum absolute atomic E-state index is 0.281. The third kappa shape index (κ3) is 4.34. The number of aromatic nitrogens is 1. The van der Waals surface area contributed by atoms with Crippen LogP contribution in [0, 0.1) is 5.82 Å². The number of nitrogens with zero attached hydrogens (tertiary/aromatic N) is 1. The van der Waals surface area contributed by atoms with E-state index in [2.05, 4.69) is 10.3 Å². The summed E-state index contributed by atoms with van der Waals surface area (Å²) in [7, 11) is 0. The molecule has 27 heavy (non-hydrogen) atoms. The van der Waals surface area contributed by atoms with E-state index in [1.807, 2.05) is 19.9 Å². The quantitative estimate of drug-likeness (QED) is 0.664. The Kier molecular flexibility index (Phi) is 5.86. The number of rotatable bonds is 7. The molecule has 0 unspecified atom stereocenters. The maximum absolute atomic E-state index is 13.0. The molecule has 6 heteroatoms. The van der Waals surface area contributed by atoms with Crippen LogP contribution in [0.2, 0.25) is 0 Å². The summed E-state index contributed by atoms with van der Waals surface area (Å²) in [5.41, 5.74) is 1.32. The third-order valence-electron chi connectivity index (χ3n) is 4.05. The van der Waals surface area contributed by atoms with Gasteiger partial charge in [0.15, 0.2) is 6.10 Å². The number of carbonyl (C=O) groups excluding carboxylic acids is 1. The average molecular weight is 368 g/mol. The minimum Gasteiger partial charge on any atom is -0.492 e. The number of anilines is 1. The van der Waals surface area contributed by atoms with Crippen LogP contribution in [0.4, 0.5) is 10.1 Å². The van der Waals surface area contributed by atoms with Crippen LogP contribution in [0.15, 0.2) is 54.7 Å². The van der Waals surface area contributed by atoms with Crippen molar-refractivity contribution in [1.82, 2.24) is 4.98 Å². The molecular weight excluding hydrogens is 347 g/mol. The fourth-order valence-electron chi connectivity index (χ4n) is 2.74. The number of fused-ring (bicyclic) bond motifs is 1. The molecule has 0 saturated heterocycles. The van der Waals surface area contributed by atoms with Crippen molar-refractivity contribution in [2.24, 2.45) is 0 Å². The highest BCUT2D eigenvalue weighted by atomic mass is 19.1. The highest BCUT2D eigenvalue weighted by molar-refractivity contribution is 6.04. The van der Waals surface area contributed by atoms with E-state index < -0.39 is 6.10 Å². The van der Waals surface area contributed by atoms with Crippen LogP contribution in [0.3, 0.4) is 0 Å². The maximum atomic E-state index is 13.0. The summed E-state index contributed by atoms with van der Waals surface area (Å²) in [6.45, 7) is 4.29. The summed E-state index contributed by atoms with van der Waals surface area (Å²) in [4.78, 5) is 17.1. The molecule has 0 aliphatic heterocycles. The molecule has 0 spiro atoms. The Labute approximate surface area is 157 Å². The van der Waals surface area contributed by atoms with Crippen LogP contribution in [-0.2, 0) is 4.79 Å². The fourth-order valence-corrected chi connectivity index (χ4v) is 2.74. The number of halogens is 1. The second-order valence-corrected chi connectivity index (χ2v) is 5.90. The van der Waals surface area contributed by atoms with Gasteiger partial charge in [0.25, 0.3) is 5.91 Å². The molecule has 0 radical (unpaired) electrons. The van der Waals surface area contributed by atoms with Gasteiger partial charge in [-0.25, -0.2) is 4.39 Å². The molecule has 3 rings (SSSR count). The summed E-state index contributed by atoms with van der Waals surface area (Å²) >= 11 is 0. The van der Waals surface area contributed by atoms with E-state index in [4.69, 9.17) is 9.47 Å². The van der Waals surface area contributed by atoms with Gasteiger partial charge in [0.2, 0.25) is 0 Å². The molecule has 1 N–H and O–H groups in total. The highest BCUT2D eigenvalue weighted by Crippen LogP contribution is 2.30. The topological polar surface area (TPSA) is 60.5 Å². The van der Waals surface area contributed by atoms with Crippen LogP contribution in [0.5, 0.6) is 11.5 Å². The lowest BCUT2D eigenvalue weighted by atomic mass is 10.1. The summed E-state index contributed by atoms with van der Waals surface area (Å²) in [5.74, 6) is 0.474. The first-order valence-corrected chi connectivity index (χ1v) is 8.86. The molecule has 1 amide bonds. The number of amides is 1. The lowest BCUT2D eigenvalue weighted by molar-refractivity contribution is -0.122. The van der Waals surface area contributed by atoms with Gasteiger partial charge in [0.05, 0.1) is 12.3 Å². The molecule has 2 aromatic carbocycles. The van der Waals surface area contributed by atoms with Crippen molar-refractivity contribution in [3.05, 3.63) is 60.5 Å². The largest absolute Gasteiger partial charge is 0.492 e. The molecule has 0 aliphatic rings. The van der Waals surface area contributed by atoms with E-state index in [1.165, 1.54) is 24.3 Å². The zero-order chi connectivity index (χ0) is 19.2. The number of ether oxygens (including phenoxy) is 2. The van der Waals surface area contributed by atoms with Crippen molar-refractivity contribution in [3.8, 4) is 11.5 Å². The van der Waals surface area contributed by atoms with Gasteiger partial charge in [-0.3, -0.25) is 9.78 Å². The predicted molar refractivity (Wildman–Crippen MR) is 103 cm³/mol. The van der Waals surface area contributed by atoms with Crippen molar-refractivity contribution in [1.29, 1.82) is 0 Å². The number of carbonyl (C=O) groups is 1. The van der Waals surface area contributed by atoms with E-state index in [0.717, 1.165) is 5.39 Å². The fraction of sp³-hybridized carbons (Fsp3) is 0.238. The number of nitrogens with one attached hydrogen (secondary N) is 1. The van der Waals surface area contributed by atoms with Crippen molar-refractivity contribution in [3.63, 3.8) is 0 Å². The smallest absolute Gasteiger partial charge is 0.265 e. The van der Waals surface area contributed by atoms with E-state index >= 15 is 0 Å². The Bertz CT molecular complexity index is 928. The number of hydrogen-bond donors (Lipinski definition) is 1. The SMILES string of the molecule is CCOc1ccc(NC(=O)[C@@H](CC)Oc2ccc(F)cc2)c2cccnc12. The molecule has 0 bridgehead atoms. The Morgan fingerprint density at radius 2 is 1.93 bits per heavy atom. The first-order valence-electron chi connectivity index (χ1n) is 8.86. The zero-order valence-electron chi connectivity index (χ0n) is 15.2. The molecule has 140 valence electrons. The van der Waals surface area contributed by atoms with Gasteiger partial charge in [-0.05, 0) is 61.9 Å². The van der Waals surface area contributed by atoms with E-state index in [1.54, 1.807) is 24.4 Å². The van der Waals surface area contributed by atoms with E-state index in [-0.39, 0.29) is 11.7 Å². The summed E-state index contributed by atoms with van der Waals surface area (Å²) < 4.78 is 24.4. The summed E-state index contributed by atoms with van der Waals surface area (Å²) in [6, 6.07) is 12.9. The van der Waals surface area contributed by atoms with Gasteiger partial charge in [-0.15, -0.1) is 0 Å². The van der Waals surface area contributed by atoms with Gasteiger partial charge in [-0.2, -0.15) is 0 Å². The number of hydrogen-bond acceptors (Lipinski definition) is 4. The second-order valence-electron chi connectivity index (χ2n) is 5.90. The third-order valence-corrected chi connectivity index (χ3v) is 4.05. The predicted octanol–water partition coefficient (Wildman–Crippen LogP) is 4.57. The molecule has 0 fully saturated rings. The molecule has 1 heterocycles. The van der Waals surface area contributed by atoms with Gasteiger partial charge < -0.3 is 14.8 Å². The molecule has 0 saturated carbocycles. The molecule has 0 aliphatic carbocycles. The molecule has 1 aromatic heterocycles. The van der Waals surface area contributed by atoms with Crippen LogP contribution >= 0.6 is 0 Å². The van der Waals surface area contributed by atoms with E-state index in [0.29, 0.717) is 35.7 Å². The molecule has 1 atom stereocenters. The summed E-state index contributed by atoms with van der Waals surface area (Å²) in [6.07, 6.45) is 1.45. The molecular formula is C21H21FN2O3. The standard InChI is InChI=1S/C21H21FN2O3/c1-3-18(27-15-9-7-14(22)8-10-15)21(25)24-17-11-12-19(26-4-2)20-16(17)6-5-13-23-20/h5-13,18H,3-4H2,1-2H3,(H,24,25)/t18-/m1/s1. The average Bonchev–Trinajstić information content (AvgIpc) is 2.69. The number of pyridine rings is 1. The van der Waals surface area contributed by atoms with Crippen molar-refractivity contribution in [2.45, 2.75) is 26.4 Å². The lowest BCUT2D eigenvalue weighted by Gasteiger charge is -2.18. The van der Waals surface area contributed by atoms with Crippen LogP contribution in [0.25, 0.3) is 10.9 Å². The Morgan fingerprint density at radius 3 is 2.63 bits per heavy atom. The van der Waals surface area contributed by atoms with Crippen molar-refractivity contribution in [2.75, 3.05) is 11.9 Å². The molecule has 5 nitrogen and oxygen atoms in total. The lowest BCUT2D eigenvalue weighted by Crippen LogP contribution is -2.32. The zero-order valence-corrected chi connectivity index (χ0v) is 15.2. The second kappa shape index (κ2) is 8.49. The number of benzene rings is 2. The van der Waals surface area contributed by atoms with Crippen LogP contribution in [-0.4, -0.2) is 23.6 Å². The monoisotopic (exact) mass is 368 g/mol. The van der Waals surface area contributed by atoms with Gasteiger partial charge >= 0.3 is 0 Å². The van der Waals surface area contributed by atoms with Crippen LogP contribution in [0.1, 0.15) is 20.3 Å². The van der Waals surface area contributed by atoms with Crippen molar-refractivity contribution >= 4 is 22.5 Å². The Morgan fingerprint density at radius 1 is 1.15 bits per heavy atom. The Balaban J connectivity index is 1.82. The normalized spacial score (nSPS) is 11.8. The van der Waals surface area contributed by atoms with Crippen molar-refractivity contribution < 1.29 is 18.7 Å². The van der Waals surface area contributed by atoms with Gasteiger partial charge in [-0.1, -0.05) is 6.92 Å². The highest BCUT2D eigenvalue weighted by Gasteiger charge is 2.20. The van der Waals surface area contributed by atoms with Gasteiger partial charge in [0, 0.05) is 11.6 Å². The Hall–Kier alpha value is -3.15. The first kappa shape index (κ1) is 18.6.